The first-order valence-electron chi connectivity index (χ1n) is 8.74. The van der Waals surface area contributed by atoms with Crippen molar-refractivity contribution in [1.82, 2.24) is 25.4 Å². The van der Waals surface area contributed by atoms with Gasteiger partial charge in [-0.3, -0.25) is 4.99 Å². The third kappa shape index (κ3) is 4.56. The van der Waals surface area contributed by atoms with E-state index in [0.29, 0.717) is 0 Å². The molecule has 1 aliphatic rings. The maximum Gasteiger partial charge on any atom is 0.191 e. The van der Waals surface area contributed by atoms with Gasteiger partial charge in [0, 0.05) is 37.9 Å². The number of aromatic nitrogens is 3. The summed E-state index contributed by atoms with van der Waals surface area (Å²) in [5.74, 6) is 3.16. The summed E-state index contributed by atoms with van der Waals surface area (Å²) < 4.78 is 2.33. The van der Waals surface area contributed by atoms with Gasteiger partial charge in [0.15, 0.2) is 5.96 Å². The first kappa shape index (κ1) is 17.0. The number of nitrogens with one attached hydrogen (secondary N) is 2. The fraction of sp³-hybridized carbons (Fsp3) is 0.588. The van der Waals surface area contributed by atoms with Crippen molar-refractivity contribution in [1.29, 1.82) is 0 Å². The normalized spacial score (nSPS) is 15.0. The van der Waals surface area contributed by atoms with Crippen molar-refractivity contribution >= 4 is 17.3 Å². The van der Waals surface area contributed by atoms with E-state index in [9.17, 15) is 0 Å². The van der Waals surface area contributed by atoms with Gasteiger partial charge in [-0.1, -0.05) is 12.5 Å². The third-order valence-corrected chi connectivity index (χ3v) is 5.17. The van der Waals surface area contributed by atoms with Gasteiger partial charge in [0.05, 0.1) is 6.54 Å². The van der Waals surface area contributed by atoms with Gasteiger partial charge in [-0.2, -0.15) is 0 Å². The number of aryl methyl sites for hydroxylation is 2. The minimum atomic E-state index is 0.815. The van der Waals surface area contributed by atoms with Crippen LogP contribution in [0, 0.1) is 0 Å². The van der Waals surface area contributed by atoms with Crippen LogP contribution < -0.4 is 10.6 Å². The molecule has 0 saturated heterocycles. The Hall–Kier alpha value is -1.89. The predicted molar refractivity (Wildman–Crippen MR) is 98.4 cm³/mol. The number of hydrogen-bond donors (Lipinski definition) is 2. The highest BCUT2D eigenvalue weighted by atomic mass is 32.1. The van der Waals surface area contributed by atoms with Crippen molar-refractivity contribution in [3.8, 4) is 0 Å². The lowest BCUT2D eigenvalue weighted by atomic mass is 10.2. The minimum Gasteiger partial charge on any atom is -0.356 e. The molecule has 130 valence electrons. The van der Waals surface area contributed by atoms with Crippen molar-refractivity contribution in [3.05, 3.63) is 34.0 Å². The zero-order valence-corrected chi connectivity index (χ0v) is 15.1. The molecule has 0 amide bonds. The van der Waals surface area contributed by atoms with Gasteiger partial charge in [0.25, 0.3) is 0 Å². The highest BCUT2D eigenvalue weighted by Crippen LogP contribution is 2.15. The Kier molecular flexibility index (Phi) is 6.23. The zero-order valence-electron chi connectivity index (χ0n) is 14.3. The maximum absolute atomic E-state index is 4.39. The van der Waals surface area contributed by atoms with Crippen molar-refractivity contribution in [2.45, 2.75) is 51.6 Å². The van der Waals surface area contributed by atoms with Gasteiger partial charge in [0.1, 0.15) is 11.6 Å². The van der Waals surface area contributed by atoms with Crippen molar-refractivity contribution in [3.63, 3.8) is 0 Å². The van der Waals surface area contributed by atoms with Crippen LogP contribution in [0.1, 0.15) is 42.2 Å². The smallest absolute Gasteiger partial charge is 0.191 e. The Morgan fingerprint density at radius 2 is 2.25 bits per heavy atom. The molecule has 0 fully saturated rings. The van der Waals surface area contributed by atoms with Gasteiger partial charge in [-0.05, 0) is 30.7 Å². The number of fused-ring (bicyclic) bond motifs is 1. The molecule has 0 atom stereocenters. The number of nitrogens with zero attached hydrogens (tertiary/aromatic N) is 4. The van der Waals surface area contributed by atoms with Gasteiger partial charge >= 0.3 is 0 Å². The second kappa shape index (κ2) is 8.82. The van der Waals surface area contributed by atoms with Crippen LogP contribution >= 0.6 is 11.3 Å². The summed E-state index contributed by atoms with van der Waals surface area (Å²) in [4.78, 5) is 5.58. The van der Waals surface area contributed by atoms with Crippen LogP contribution in [0.15, 0.2) is 22.5 Å². The molecule has 2 aromatic heterocycles. The van der Waals surface area contributed by atoms with Crippen molar-refractivity contribution < 1.29 is 0 Å². The number of thiophene rings is 1. The summed E-state index contributed by atoms with van der Waals surface area (Å²) in [6.45, 7) is 2.77. The highest BCUT2D eigenvalue weighted by Gasteiger charge is 2.14. The zero-order chi connectivity index (χ0) is 16.6. The van der Waals surface area contributed by atoms with Crippen molar-refractivity contribution in [2.24, 2.45) is 4.99 Å². The standard InChI is InChI=1S/C17H26N6S/c1-18-17(20-13-14-7-6-12-24-14)19-10-5-9-16-22-21-15-8-3-2-4-11-23(15)16/h6-7,12H,2-5,8-11,13H2,1H3,(H2,18,19,20). The number of hydrogen-bond acceptors (Lipinski definition) is 4. The predicted octanol–water partition coefficient (Wildman–Crippen LogP) is 2.36. The number of rotatable bonds is 6. The number of guanidine groups is 1. The highest BCUT2D eigenvalue weighted by molar-refractivity contribution is 7.09. The Balaban J connectivity index is 1.40. The van der Waals surface area contributed by atoms with E-state index in [1.807, 2.05) is 7.05 Å². The molecule has 2 aromatic rings. The van der Waals surface area contributed by atoms with Crippen LogP contribution in [0.3, 0.4) is 0 Å². The Morgan fingerprint density at radius 1 is 1.29 bits per heavy atom. The molecule has 1 aliphatic heterocycles. The first-order valence-corrected chi connectivity index (χ1v) is 9.62. The summed E-state index contributed by atoms with van der Waals surface area (Å²) in [7, 11) is 1.81. The van der Waals surface area contributed by atoms with Crippen LogP contribution in [-0.2, 0) is 25.9 Å². The SMILES string of the molecule is CN=C(NCCCc1nnc2n1CCCCC2)NCc1cccs1. The van der Waals surface area contributed by atoms with Crippen LogP contribution in [0.25, 0.3) is 0 Å². The van der Waals surface area contributed by atoms with E-state index in [2.05, 4.69) is 47.9 Å². The lowest BCUT2D eigenvalue weighted by Crippen LogP contribution is -2.37. The second-order valence-electron chi connectivity index (χ2n) is 6.03. The summed E-state index contributed by atoms with van der Waals surface area (Å²) >= 11 is 1.75. The molecule has 3 rings (SSSR count). The molecular weight excluding hydrogens is 320 g/mol. The summed E-state index contributed by atoms with van der Waals surface area (Å²) in [5, 5.41) is 17.6. The molecule has 0 aromatic carbocycles. The van der Waals surface area contributed by atoms with Gasteiger partial charge in [-0.15, -0.1) is 21.5 Å². The average Bonchev–Trinajstić information content (AvgIpc) is 3.19. The molecule has 0 unspecified atom stereocenters. The van der Waals surface area contributed by atoms with Gasteiger partial charge in [0.2, 0.25) is 0 Å². The van der Waals surface area contributed by atoms with E-state index in [4.69, 9.17) is 0 Å². The third-order valence-electron chi connectivity index (χ3n) is 4.29. The molecule has 24 heavy (non-hydrogen) atoms. The fourth-order valence-electron chi connectivity index (χ4n) is 2.99. The molecule has 0 saturated carbocycles. The van der Waals surface area contributed by atoms with E-state index in [1.165, 1.54) is 30.0 Å². The van der Waals surface area contributed by atoms with E-state index >= 15 is 0 Å². The molecule has 0 bridgehead atoms. The monoisotopic (exact) mass is 346 g/mol. The Morgan fingerprint density at radius 3 is 3.08 bits per heavy atom. The molecule has 0 spiro atoms. The largest absolute Gasteiger partial charge is 0.356 e. The molecule has 0 aliphatic carbocycles. The molecular formula is C17H26N6S. The lowest BCUT2D eigenvalue weighted by molar-refractivity contribution is 0.594. The van der Waals surface area contributed by atoms with E-state index < -0.39 is 0 Å². The molecule has 6 nitrogen and oxygen atoms in total. The van der Waals surface area contributed by atoms with Crippen molar-refractivity contribution in [2.75, 3.05) is 13.6 Å². The lowest BCUT2D eigenvalue weighted by Gasteiger charge is -2.11. The number of aliphatic imine (C=N–C) groups is 1. The van der Waals surface area contributed by atoms with Crippen LogP contribution in [0.2, 0.25) is 0 Å². The molecule has 7 heteroatoms. The Labute approximate surface area is 147 Å². The molecule has 0 radical (unpaired) electrons. The topological polar surface area (TPSA) is 67.1 Å². The first-order chi connectivity index (χ1) is 11.9. The van der Waals surface area contributed by atoms with E-state index in [0.717, 1.165) is 50.7 Å². The summed E-state index contributed by atoms with van der Waals surface area (Å²) in [6, 6.07) is 4.20. The summed E-state index contributed by atoms with van der Waals surface area (Å²) in [6.07, 6.45) is 6.85. The van der Waals surface area contributed by atoms with Gasteiger partial charge < -0.3 is 15.2 Å². The Bertz CT molecular complexity index is 646. The van der Waals surface area contributed by atoms with Gasteiger partial charge in [-0.25, -0.2) is 0 Å². The minimum absolute atomic E-state index is 0.815. The molecule has 3 heterocycles. The fourth-order valence-corrected chi connectivity index (χ4v) is 3.63. The average molecular weight is 347 g/mol. The quantitative estimate of drug-likeness (QED) is 0.479. The van der Waals surface area contributed by atoms with Crippen LogP contribution in [0.4, 0.5) is 0 Å². The van der Waals surface area contributed by atoms with E-state index in [1.54, 1.807) is 11.3 Å². The molecule has 2 N–H and O–H groups in total. The summed E-state index contributed by atoms with van der Waals surface area (Å²) in [5.41, 5.74) is 0. The van der Waals surface area contributed by atoms with Crippen LogP contribution in [0.5, 0.6) is 0 Å². The van der Waals surface area contributed by atoms with Crippen LogP contribution in [-0.4, -0.2) is 34.3 Å². The van der Waals surface area contributed by atoms with E-state index in [-0.39, 0.29) is 0 Å². The maximum atomic E-state index is 4.39. The second-order valence-corrected chi connectivity index (χ2v) is 7.06.